The summed E-state index contributed by atoms with van der Waals surface area (Å²) < 4.78 is 13.6. The van der Waals surface area contributed by atoms with Gasteiger partial charge >= 0.3 is 6.03 Å². The van der Waals surface area contributed by atoms with E-state index in [0.29, 0.717) is 5.69 Å². The van der Waals surface area contributed by atoms with Crippen molar-refractivity contribution in [3.63, 3.8) is 0 Å². The lowest BCUT2D eigenvalue weighted by molar-refractivity contribution is -0.131. The molecule has 7 heteroatoms. The zero-order valence-corrected chi connectivity index (χ0v) is 13.3. The van der Waals surface area contributed by atoms with Crippen LogP contribution in [0.25, 0.3) is 0 Å². The Labute approximate surface area is 143 Å². The smallest absolute Gasteiger partial charge is 0.276 e. The number of aliphatic imine (C=N–C) groups is 1. The molecule has 1 atom stereocenters. The first kappa shape index (κ1) is 16.5. The molecule has 6 nitrogen and oxygen atoms in total. The molecule has 0 unspecified atom stereocenters. The normalized spacial score (nSPS) is 17.9. The number of rotatable bonds is 3. The number of amides is 4. The van der Waals surface area contributed by atoms with Gasteiger partial charge in [-0.05, 0) is 36.8 Å². The summed E-state index contributed by atoms with van der Waals surface area (Å²) in [7, 11) is 0. The van der Waals surface area contributed by atoms with Gasteiger partial charge in [0.15, 0.2) is 5.92 Å². The number of imide groups is 2. The van der Waals surface area contributed by atoms with E-state index in [0.717, 1.165) is 16.7 Å². The number of barbiturate groups is 1. The Hall–Kier alpha value is -3.35. The van der Waals surface area contributed by atoms with Crippen molar-refractivity contribution >= 4 is 35.4 Å². The van der Waals surface area contributed by atoms with Crippen LogP contribution in [0.15, 0.2) is 53.5 Å². The number of nitrogens with one attached hydrogen (secondary N) is 1. The van der Waals surface area contributed by atoms with Crippen LogP contribution in [0.3, 0.4) is 0 Å². The fourth-order valence-electron chi connectivity index (χ4n) is 2.44. The van der Waals surface area contributed by atoms with Gasteiger partial charge in [0, 0.05) is 6.21 Å². The summed E-state index contributed by atoms with van der Waals surface area (Å²) in [5, 5.41) is 2.12. The van der Waals surface area contributed by atoms with Crippen molar-refractivity contribution in [2.24, 2.45) is 10.9 Å². The van der Waals surface area contributed by atoms with Gasteiger partial charge in [0.05, 0.1) is 11.4 Å². The van der Waals surface area contributed by atoms with Crippen LogP contribution in [-0.2, 0) is 9.59 Å². The van der Waals surface area contributed by atoms with E-state index in [1.54, 1.807) is 24.3 Å². The van der Waals surface area contributed by atoms with Crippen LogP contribution in [0.4, 0.5) is 20.6 Å². The van der Waals surface area contributed by atoms with Crippen LogP contribution >= 0.6 is 0 Å². The van der Waals surface area contributed by atoms with Crippen molar-refractivity contribution in [3.8, 4) is 0 Å². The maximum Gasteiger partial charge on any atom is 0.335 e. The van der Waals surface area contributed by atoms with E-state index >= 15 is 0 Å². The first-order chi connectivity index (χ1) is 12.0. The van der Waals surface area contributed by atoms with Crippen molar-refractivity contribution in [1.82, 2.24) is 5.32 Å². The van der Waals surface area contributed by atoms with Crippen LogP contribution in [0.2, 0.25) is 0 Å². The Morgan fingerprint density at radius 2 is 1.88 bits per heavy atom. The van der Waals surface area contributed by atoms with Crippen molar-refractivity contribution < 1.29 is 18.8 Å². The largest absolute Gasteiger partial charge is 0.335 e. The van der Waals surface area contributed by atoms with Crippen molar-refractivity contribution in [2.45, 2.75) is 6.92 Å². The van der Waals surface area contributed by atoms with Gasteiger partial charge in [-0.25, -0.2) is 14.1 Å². The second-order valence-electron chi connectivity index (χ2n) is 5.51. The van der Waals surface area contributed by atoms with Gasteiger partial charge in [-0.1, -0.05) is 24.3 Å². The fraction of sp³-hybridized carbons (Fsp3) is 0.111. The minimum Gasteiger partial charge on any atom is -0.276 e. The van der Waals surface area contributed by atoms with Crippen molar-refractivity contribution in [3.05, 3.63) is 59.9 Å². The molecule has 1 aliphatic heterocycles. The summed E-state index contributed by atoms with van der Waals surface area (Å²) >= 11 is 0. The SMILES string of the molecule is Cc1cccc(N2C(=O)NC(=O)[C@@H](C=Nc3ccccc3F)C2=O)c1. The van der Waals surface area contributed by atoms with Gasteiger partial charge in [0.2, 0.25) is 5.91 Å². The Kier molecular flexibility index (Phi) is 4.38. The van der Waals surface area contributed by atoms with E-state index in [1.165, 1.54) is 18.2 Å². The van der Waals surface area contributed by atoms with Crippen molar-refractivity contribution in [2.75, 3.05) is 4.90 Å². The summed E-state index contributed by atoms with van der Waals surface area (Å²) in [6.45, 7) is 1.82. The molecule has 1 fully saturated rings. The van der Waals surface area contributed by atoms with Gasteiger partial charge in [-0.15, -0.1) is 0 Å². The molecule has 1 heterocycles. The molecule has 3 rings (SSSR count). The molecule has 0 bridgehead atoms. The number of halogens is 1. The lowest BCUT2D eigenvalue weighted by Gasteiger charge is -2.28. The summed E-state index contributed by atoms with van der Waals surface area (Å²) in [4.78, 5) is 41.5. The third kappa shape index (κ3) is 3.30. The predicted octanol–water partition coefficient (Wildman–Crippen LogP) is 2.74. The zero-order chi connectivity index (χ0) is 18.0. The predicted molar refractivity (Wildman–Crippen MR) is 90.2 cm³/mol. The number of hydrogen-bond donors (Lipinski definition) is 1. The van der Waals surface area contributed by atoms with Crippen LogP contribution in [-0.4, -0.2) is 24.1 Å². The molecule has 25 heavy (non-hydrogen) atoms. The number of nitrogens with zero attached hydrogens (tertiary/aromatic N) is 2. The Morgan fingerprint density at radius 3 is 2.60 bits per heavy atom. The molecule has 0 saturated carbocycles. The number of anilines is 1. The average Bonchev–Trinajstić information content (AvgIpc) is 2.56. The molecule has 2 aromatic rings. The fourth-order valence-corrected chi connectivity index (χ4v) is 2.44. The maximum atomic E-state index is 13.6. The molecule has 1 N–H and O–H groups in total. The number of hydrogen-bond acceptors (Lipinski definition) is 4. The highest BCUT2D eigenvalue weighted by Gasteiger charge is 2.40. The second kappa shape index (κ2) is 6.64. The van der Waals surface area contributed by atoms with Gasteiger partial charge in [-0.2, -0.15) is 0 Å². The molecular formula is C18H14FN3O3. The molecular weight excluding hydrogens is 325 g/mol. The topological polar surface area (TPSA) is 78.8 Å². The monoisotopic (exact) mass is 339 g/mol. The Morgan fingerprint density at radius 1 is 1.12 bits per heavy atom. The molecule has 1 saturated heterocycles. The quantitative estimate of drug-likeness (QED) is 0.690. The highest BCUT2D eigenvalue weighted by Crippen LogP contribution is 2.22. The molecule has 0 aromatic heterocycles. The molecule has 2 aromatic carbocycles. The van der Waals surface area contributed by atoms with Gasteiger partial charge in [0.25, 0.3) is 5.91 Å². The molecule has 0 aliphatic carbocycles. The number of para-hydroxylation sites is 1. The van der Waals surface area contributed by atoms with Crippen LogP contribution in [0, 0.1) is 18.7 Å². The number of benzene rings is 2. The number of aryl methyl sites for hydroxylation is 1. The van der Waals surface area contributed by atoms with Crippen LogP contribution in [0.5, 0.6) is 0 Å². The number of carbonyl (C=O) groups is 3. The highest BCUT2D eigenvalue weighted by molar-refractivity contribution is 6.32. The Balaban J connectivity index is 1.92. The first-order valence-corrected chi connectivity index (χ1v) is 7.51. The number of carbonyl (C=O) groups excluding carboxylic acids is 3. The molecule has 0 spiro atoms. The molecule has 4 amide bonds. The summed E-state index contributed by atoms with van der Waals surface area (Å²) in [5.41, 5.74) is 1.20. The lowest BCUT2D eigenvalue weighted by atomic mass is 10.1. The van der Waals surface area contributed by atoms with Gasteiger partial charge in [0.1, 0.15) is 5.82 Å². The third-order valence-corrected chi connectivity index (χ3v) is 3.68. The van der Waals surface area contributed by atoms with Crippen molar-refractivity contribution in [1.29, 1.82) is 0 Å². The number of urea groups is 1. The molecule has 0 radical (unpaired) electrons. The van der Waals surface area contributed by atoms with E-state index in [9.17, 15) is 18.8 Å². The van der Waals surface area contributed by atoms with E-state index < -0.39 is 29.6 Å². The first-order valence-electron chi connectivity index (χ1n) is 7.51. The molecule has 1 aliphatic rings. The van der Waals surface area contributed by atoms with E-state index in [-0.39, 0.29) is 5.69 Å². The van der Waals surface area contributed by atoms with E-state index in [2.05, 4.69) is 10.3 Å². The summed E-state index contributed by atoms with van der Waals surface area (Å²) in [6.07, 6.45) is 1.05. The summed E-state index contributed by atoms with van der Waals surface area (Å²) in [6, 6.07) is 11.7. The van der Waals surface area contributed by atoms with Gasteiger partial charge < -0.3 is 0 Å². The standard InChI is InChI=1S/C18H14FN3O3/c1-11-5-4-6-12(9-11)22-17(24)13(16(23)21-18(22)25)10-20-15-8-3-2-7-14(15)19/h2-10,13H,1H3,(H,21,23,25)/t13-/m1/s1. The third-order valence-electron chi connectivity index (χ3n) is 3.68. The Bertz CT molecular complexity index is 895. The summed E-state index contributed by atoms with van der Waals surface area (Å²) in [5.74, 6) is -3.43. The lowest BCUT2D eigenvalue weighted by Crippen LogP contribution is -2.58. The minimum absolute atomic E-state index is 0.00195. The van der Waals surface area contributed by atoms with E-state index in [4.69, 9.17) is 0 Å². The maximum absolute atomic E-state index is 13.6. The van der Waals surface area contributed by atoms with E-state index in [1.807, 2.05) is 13.0 Å². The minimum atomic E-state index is -1.32. The average molecular weight is 339 g/mol. The molecule has 126 valence electrons. The van der Waals surface area contributed by atoms with Gasteiger partial charge in [-0.3, -0.25) is 19.9 Å². The highest BCUT2D eigenvalue weighted by atomic mass is 19.1. The van der Waals surface area contributed by atoms with Crippen LogP contribution in [0.1, 0.15) is 5.56 Å². The van der Waals surface area contributed by atoms with Crippen LogP contribution < -0.4 is 10.2 Å². The zero-order valence-electron chi connectivity index (χ0n) is 13.3. The second-order valence-corrected chi connectivity index (χ2v) is 5.51.